The van der Waals surface area contributed by atoms with Gasteiger partial charge in [-0.3, -0.25) is 0 Å². The third-order valence-electron chi connectivity index (χ3n) is 4.05. The minimum Gasteiger partial charge on any atom is -0.365 e. The zero-order valence-corrected chi connectivity index (χ0v) is 12.2. The number of nitriles is 1. The Kier molecular flexibility index (Phi) is 4.06. The van der Waals surface area contributed by atoms with Crippen molar-refractivity contribution in [3.05, 3.63) is 22.9 Å². The Morgan fingerprint density at radius 3 is 2.74 bits per heavy atom. The highest BCUT2D eigenvalue weighted by atomic mass is 15.2. The van der Waals surface area contributed by atoms with E-state index in [1.807, 2.05) is 19.9 Å². The van der Waals surface area contributed by atoms with Crippen LogP contribution in [-0.4, -0.2) is 36.1 Å². The van der Waals surface area contributed by atoms with Crippen molar-refractivity contribution in [2.24, 2.45) is 0 Å². The minimum atomic E-state index is 0.386. The summed E-state index contributed by atoms with van der Waals surface area (Å²) in [6.07, 6.45) is 3.58. The highest BCUT2D eigenvalue weighted by Gasteiger charge is 2.29. The lowest BCUT2D eigenvalue weighted by molar-refractivity contribution is 0.285. The second-order valence-corrected chi connectivity index (χ2v) is 5.61. The summed E-state index contributed by atoms with van der Waals surface area (Å²) >= 11 is 0. The summed E-state index contributed by atoms with van der Waals surface area (Å²) < 4.78 is 0. The number of nitrogens with one attached hydrogen (secondary N) is 1. The van der Waals surface area contributed by atoms with Gasteiger partial charge in [-0.2, -0.15) is 5.26 Å². The highest BCUT2D eigenvalue weighted by Crippen LogP contribution is 2.27. The van der Waals surface area contributed by atoms with Gasteiger partial charge in [0.25, 0.3) is 0 Å². The molecule has 1 fully saturated rings. The Hall–Kier alpha value is -1.60. The van der Waals surface area contributed by atoms with Crippen LogP contribution in [0.15, 0.2) is 6.07 Å². The van der Waals surface area contributed by atoms with Gasteiger partial charge >= 0.3 is 0 Å². The van der Waals surface area contributed by atoms with Crippen molar-refractivity contribution in [1.29, 1.82) is 5.26 Å². The number of anilines is 1. The van der Waals surface area contributed by atoms with Gasteiger partial charge in [-0.15, -0.1) is 0 Å². The number of aryl methyl sites for hydroxylation is 2. The molecule has 19 heavy (non-hydrogen) atoms. The van der Waals surface area contributed by atoms with E-state index in [9.17, 15) is 5.26 Å². The van der Waals surface area contributed by atoms with Gasteiger partial charge in [0.05, 0.1) is 5.56 Å². The summed E-state index contributed by atoms with van der Waals surface area (Å²) in [5.74, 6) is 0.740. The normalized spacial score (nSPS) is 22.5. The average molecular weight is 258 g/mol. The summed E-state index contributed by atoms with van der Waals surface area (Å²) in [4.78, 5) is 6.81. The van der Waals surface area contributed by atoms with Gasteiger partial charge in [0, 0.05) is 17.8 Å². The maximum Gasteiger partial charge on any atom is 0.144 e. The Labute approximate surface area is 115 Å². The van der Waals surface area contributed by atoms with E-state index in [0.29, 0.717) is 17.6 Å². The number of nitrogens with zero attached hydrogens (tertiary/aromatic N) is 3. The van der Waals surface area contributed by atoms with Gasteiger partial charge in [0.2, 0.25) is 0 Å². The molecule has 102 valence electrons. The molecule has 0 bridgehead atoms. The van der Waals surface area contributed by atoms with E-state index >= 15 is 0 Å². The third kappa shape index (κ3) is 2.87. The molecule has 4 heteroatoms. The quantitative estimate of drug-likeness (QED) is 0.905. The first kappa shape index (κ1) is 13.8. The lowest BCUT2D eigenvalue weighted by atomic mass is 10.1. The summed E-state index contributed by atoms with van der Waals surface area (Å²) in [6.45, 7) is 3.98. The van der Waals surface area contributed by atoms with Crippen LogP contribution in [0.25, 0.3) is 0 Å². The lowest BCUT2D eigenvalue weighted by Crippen LogP contribution is -2.39. The van der Waals surface area contributed by atoms with Crippen molar-refractivity contribution < 1.29 is 0 Å². The fourth-order valence-corrected chi connectivity index (χ4v) is 2.80. The summed E-state index contributed by atoms with van der Waals surface area (Å²) in [5, 5.41) is 12.7. The molecule has 1 aromatic heterocycles. The van der Waals surface area contributed by atoms with Gasteiger partial charge in [-0.05, 0) is 58.8 Å². The van der Waals surface area contributed by atoms with Crippen molar-refractivity contribution in [3.8, 4) is 6.07 Å². The number of rotatable bonds is 3. The molecule has 1 heterocycles. The van der Waals surface area contributed by atoms with Crippen molar-refractivity contribution in [3.63, 3.8) is 0 Å². The van der Waals surface area contributed by atoms with Gasteiger partial charge in [0.1, 0.15) is 11.9 Å². The van der Waals surface area contributed by atoms with E-state index in [2.05, 4.69) is 35.4 Å². The number of likely N-dealkylation sites (N-methyl/N-ethyl adjacent to an activating group) is 1. The first-order valence-corrected chi connectivity index (χ1v) is 6.84. The van der Waals surface area contributed by atoms with Crippen molar-refractivity contribution in [2.75, 3.05) is 19.4 Å². The zero-order valence-electron chi connectivity index (χ0n) is 12.2. The summed E-state index contributed by atoms with van der Waals surface area (Å²) in [5.41, 5.74) is 2.70. The largest absolute Gasteiger partial charge is 0.365 e. The van der Waals surface area contributed by atoms with E-state index in [4.69, 9.17) is 0 Å². The molecule has 2 rings (SSSR count). The van der Waals surface area contributed by atoms with Crippen LogP contribution in [0.2, 0.25) is 0 Å². The highest BCUT2D eigenvalue weighted by molar-refractivity contribution is 5.54. The third-order valence-corrected chi connectivity index (χ3v) is 4.05. The SMILES string of the molecule is Cc1cc(C#N)c(N[C@@H]2CCC[C@H]2N(C)C)nc1C. The van der Waals surface area contributed by atoms with Crippen LogP contribution in [0, 0.1) is 25.2 Å². The molecule has 2 atom stereocenters. The number of hydrogen-bond acceptors (Lipinski definition) is 4. The molecule has 1 saturated carbocycles. The van der Waals surface area contributed by atoms with Crippen LogP contribution in [0.5, 0.6) is 0 Å². The lowest BCUT2D eigenvalue weighted by Gasteiger charge is -2.27. The van der Waals surface area contributed by atoms with E-state index in [1.54, 1.807) is 0 Å². The number of aromatic nitrogens is 1. The smallest absolute Gasteiger partial charge is 0.144 e. The van der Waals surface area contributed by atoms with Crippen molar-refractivity contribution >= 4 is 5.82 Å². The summed E-state index contributed by atoms with van der Waals surface area (Å²) in [7, 11) is 4.23. The Bertz CT molecular complexity index is 502. The Morgan fingerprint density at radius 2 is 2.11 bits per heavy atom. The second kappa shape index (κ2) is 5.58. The van der Waals surface area contributed by atoms with Crippen LogP contribution < -0.4 is 5.32 Å². The molecule has 4 nitrogen and oxygen atoms in total. The fourth-order valence-electron chi connectivity index (χ4n) is 2.80. The molecule has 0 spiro atoms. The molecular formula is C15H22N4. The maximum atomic E-state index is 9.24. The van der Waals surface area contributed by atoms with E-state index in [0.717, 1.165) is 23.5 Å². The van der Waals surface area contributed by atoms with Crippen LogP contribution >= 0.6 is 0 Å². The standard InChI is InChI=1S/C15H22N4/c1-10-8-12(9-16)15(17-11(10)2)18-13-6-5-7-14(13)19(3)4/h8,13-14H,5-7H2,1-4H3,(H,17,18)/t13-,14-/m1/s1. The van der Waals surface area contributed by atoms with Crippen LogP contribution in [0.1, 0.15) is 36.1 Å². The molecule has 0 aliphatic heterocycles. The first-order chi connectivity index (χ1) is 9.02. The topological polar surface area (TPSA) is 52.0 Å². The molecule has 0 aromatic carbocycles. The Morgan fingerprint density at radius 1 is 1.37 bits per heavy atom. The first-order valence-electron chi connectivity index (χ1n) is 6.84. The molecule has 1 aromatic rings. The predicted octanol–water partition coefficient (Wildman–Crippen LogP) is 2.46. The van der Waals surface area contributed by atoms with Gasteiger partial charge in [-0.25, -0.2) is 4.98 Å². The average Bonchev–Trinajstić information content (AvgIpc) is 2.81. The molecule has 0 saturated heterocycles. The van der Waals surface area contributed by atoms with Crippen LogP contribution in [-0.2, 0) is 0 Å². The number of pyridine rings is 1. The fraction of sp³-hybridized carbons (Fsp3) is 0.600. The molecular weight excluding hydrogens is 236 g/mol. The Balaban J connectivity index is 2.24. The van der Waals surface area contributed by atoms with Gasteiger partial charge in [-0.1, -0.05) is 0 Å². The van der Waals surface area contributed by atoms with Gasteiger partial charge in [0.15, 0.2) is 0 Å². The second-order valence-electron chi connectivity index (χ2n) is 5.61. The molecule has 1 aliphatic rings. The van der Waals surface area contributed by atoms with E-state index in [1.165, 1.54) is 12.8 Å². The molecule has 0 amide bonds. The molecule has 1 aliphatic carbocycles. The predicted molar refractivity (Wildman–Crippen MR) is 77.2 cm³/mol. The van der Waals surface area contributed by atoms with Crippen molar-refractivity contribution in [1.82, 2.24) is 9.88 Å². The van der Waals surface area contributed by atoms with Crippen molar-refractivity contribution in [2.45, 2.75) is 45.2 Å². The zero-order chi connectivity index (χ0) is 14.0. The minimum absolute atomic E-state index is 0.386. The molecule has 0 radical (unpaired) electrons. The summed E-state index contributed by atoms with van der Waals surface area (Å²) in [6, 6.07) is 5.07. The van der Waals surface area contributed by atoms with E-state index < -0.39 is 0 Å². The van der Waals surface area contributed by atoms with E-state index in [-0.39, 0.29) is 0 Å². The monoisotopic (exact) mass is 258 g/mol. The molecule has 0 unspecified atom stereocenters. The molecule has 1 N–H and O–H groups in total. The van der Waals surface area contributed by atoms with Gasteiger partial charge < -0.3 is 10.2 Å². The van der Waals surface area contributed by atoms with Crippen LogP contribution in [0.4, 0.5) is 5.82 Å². The number of hydrogen-bond donors (Lipinski definition) is 1. The maximum absolute atomic E-state index is 9.24. The van der Waals surface area contributed by atoms with Crippen LogP contribution in [0.3, 0.4) is 0 Å².